The van der Waals surface area contributed by atoms with E-state index in [9.17, 15) is 22.0 Å². The summed E-state index contributed by atoms with van der Waals surface area (Å²) in [5, 5.41) is 2.74. The first-order valence-corrected chi connectivity index (χ1v) is 6.85. The van der Waals surface area contributed by atoms with Crippen molar-refractivity contribution in [3.8, 4) is 0 Å². The van der Waals surface area contributed by atoms with Crippen LogP contribution in [0.1, 0.15) is 11.1 Å². The van der Waals surface area contributed by atoms with Crippen molar-refractivity contribution >= 4 is 16.7 Å². The van der Waals surface area contributed by atoms with Crippen LogP contribution in [-0.2, 0) is 12.7 Å². The van der Waals surface area contributed by atoms with Crippen molar-refractivity contribution < 1.29 is 22.0 Å². The van der Waals surface area contributed by atoms with E-state index in [0.29, 0.717) is 6.07 Å². The van der Waals surface area contributed by atoms with Gasteiger partial charge in [-0.3, -0.25) is 0 Å². The van der Waals surface area contributed by atoms with Crippen LogP contribution in [0.15, 0.2) is 42.7 Å². The summed E-state index contributed by atoms with van der Waals surface area (Å²) in [6, 6.07) is 6.75. The standard InChI is InChI=1S/C16H10F5N3/c17-10-5-11-14(13(18)6-10)23-8-24-15(11)22-7-9-3-1-2-4-12(9)16(19,20)21/h1-6,8H,7H2,(H,22,23,24). The van der Waals surface area contributed by atoms with Crippen molar-refractivity contribution in [2.75, 3.05) is 5.32 Å². The second-order valence-corrected chi connectivity index (χ2v) is 5.01. The van der Waals surface area contributed by atoms with Crippen LogP contribution in [0.4, 0.5) is 27.8 Å². The molecule has 0 unspecified atom stereocenters. The number of benzene rings is 2. The highest BCUT2D eigenvalue weighted by atomic mass is 19.4. The summed E-state index contributed by atoms with van der Waals surface area (Å²) in [5.74, 6) is -1.64. The van der Waals surface area contributed by atoms with Gasteiger partial charge in [0.2, 0.25) is 0 Å². The quantitative estimate of drug-likeness (QED) is 0.712. The van der Waals surface area contributed by atoms with E-state index in [1.807, 2.05) is 0 Å². The zero-order valence-corrected chi connectivity index (χ0v) is 12.0. The molecule has 0 bridgehead atoms. The lowest BCUT2D eigenvalue weighted by Gasteiger charge is -2.14. The van der Waals surface area contributed by atoms with Gasteiger partial charge >= 0.3 is 6.18 Å². The topological polar surface area (TPSA) is 37.8 Å². The third-order valence-corrected chi connectivity index (χ3v) is 3.43. The van der Waals surface area contributed by atoms with Crippen LogP contribution in [-0.4, -0.2) is 9.97 Å². The summed E-state index contributed by atoms with van der Waals surface area (Å²) in [5.41, 5.74) is -0.903. The van der Waals surface area contributed by atoms with E-state index < -0.39 is 23.4 Å². The molecule has 0 spiro atoms. The molecule has 124 valence electrons. The van der Waals surface area contributed by atoms with E-state index in [2.05, 4.69) is 15.3 Å². The van der Waals surface area contributed by atoms with Gasteiger partial charge in [0.25, 0.3) is 0 Å². The molecule has 0 aliphatic heterocycles. The van der Waals surface area contributed by atoms with Crippen LogP contribution in [0, 0.1) is 11.6 Å². The van der Waals surface area contributed by atoms with Gasteiger partial charge in [0, 0.05) is 18.0 Å². The Kier molecular flexibility index (Phi) is 4.04. The monoisotopic (exact) mass is 339 g/mol. The molecule has 0 saturated carbocycles. The molecular weight excluding hydrogens is 329 g/mol. The van der Waals surface area contributed by atoms with Gasteiger partial charge in [-0.1, -0.05) is 18.2 Å². The summed E-state index contributed by atoms with van der Waals surface area (Å²) in [6.07, 6.45) is -3.44. The molecule has 0 radical (unpaired) electrons. The van der Waals surface area contributed by atoms with Crippen LogP contribution < -0.4 is 5.32 Å². The number of alkyl halides is 3. The van der Waals surface area contributed by atoms with Crippen molar-refractivity contribution in [3.05, 3.63) is 65.5 Å². The van der Waals surface area contributed by atoms with Crippen LogP contribution in [0.25, 0.3) is 10.9 Å². The molecule has 3 aromatic rings. The van der Waals surface area contributed by atoms with Gasteiger partial charge in [0.1, 0.15) is 23.5 Å². The SMILES string of the molecule is Fc1cc(F)c2ncnc(NCc3ccccc3C(F)(F)F)c2c1. The fraction of sp³-hybridized carbons (Fsp3) is 0.125. The molecule has 0 fully saturated rings. The second-order valence-electron chi connectivity index (χ2n) is 5.01. The fourth-order valence-corrected chi connectivity index (χ4v) is 2.36. The summed E-state index contributed by atoms with van der Waals surface area (Å²) < 4.78 is 66.0. The summed E-state index contributed by atoms with van der Waals surface area (Å²) in [4.78, 5) is 7.58. The van der Waals surface area contributed by atoms with E-state index in [1.54, 1.807) is 0 Å². The number of aromatic nitrogens is 2. The molecule has 3 rings (SSSR count). The Morgan fingerprint density at radius 2 is 1.75 bits per heavy atom. The number of hydrogen-bond donors (Lipinski definition) is 1. The van der Waals surface area contributed by atoms with E-state index in [-0.39, 0.29) is 28.8 Å². The molecule has 0 aliphatic rings. The molecule has 0 aliphatic carbocycles. The van der Waals surface area contributed by atoms with Crippen molar-refractivity contribution in [3.63, 3.8) is 0 Å². The predicted octanol–water partition coefficient (Wildman–Crippen LogP) is 4.54. The molecular formula is C16H10F5N3. The number of anilines is 1. The molecule has 0 amide bonds. The molecule has 24 heavy (non-hydrogen) atoms. The van der Waals surface area contributed by atoms with Crippen LogP contribution in [0.2, 0.25) is 0 Å². The Balaban J connectivity index is 1.96. The molecule has 0 atom stereocenters. The summed E-state index contributed by atoms with van der Waals surface area (Å²) in [7, 11) is 0. The maximum atomic E-state index is 13.7. The maximum Gasteiger partial charge on any atom is 0.416 e. The number of rotatable bonds is 3. The van der Waals surface area contributed by atoms with Crippen molar-refractivity contribution in [1.29, 1.82) is 0 Å². The van der Waals surface area contributed by atoms with E-state index >= 15 is 0 Å². The number of halogens is 5. The number of nitrogens with one attached hydrogen (secondary N) is 1. The largest absolute Gasteiger partial charge is 0.416 e. The highest BCUT2D eigenvalue weighted by Crippen LogP contribution is 2.32. The lowest BCUT2D eigenvalue weighted by atomic mass is 10.1. The summed E-state index contributed by atoms with van der Waals surface area (Å²) in [6.45, 7) is -0.208. The highest BCUT2D eigenvalue weighted by Gasteiger charge is 2.32. The zero-order chi connectivity index (χ0) is 17.3. The van der Waals surface area contributed by atoms with Crippen molar-refractivity contribution in [1.82, 2.24) is 9.97 Å². The fourth-order valence-electron chi connectivity index (χ4n) is 2.36. The Morgan fingerprint density at radius 1 is 1.00 bits per heavy atom. The normalized spacial score (nSPS) is 11.7. The molecule has 2 aromatic carbocycles. The Bertz CT molecular complexity index is 893. The maximum absolute atomic E-state index is 13.7. The van der Waals surface area contributed by atoms with Gasteiger partial charge in [-0.05, 0) is 17.7 Å². The predicted molar refractivity (Wildman–Crippen MR) is 78.2 cm³/mol. The van der Waals surface area contributed by atoms with Gasteiger partial charge in [0.05, 0.1) is 5.56 Å². The minimum absolute atomic E-state index is 0.00589. The molecule has 1 heterocycles. The minimum Gasteiger partial charge on any atom is -0.365 e. The zero-order valence-electron chi connectivity index (χ0n) is 12.0. The average Bonchev–Trinajstić information content (AvgIpc) is 2.52. The first-order valence-electron chi connectivity index (χ1n) is 6.85. The van der Waals surface area contributed by atoms with Gasteiger partial charge < -0.3 is 5.32 Å². The average molecular weight is 339 g/mol. The molecule has 0 saturated heterocycles. The van der Waals surface area contributed by atoms with Gasteiger partial charge in [-0.2, -0.15) is 13.2 Å². The Morgan fingerprint density at radius 3 is 2.50 bits per heavy atom. The minimum atomic E-state index is -4.50. The first kappa shape index (κ1) is 16.1. The van der Waals surface area contributed by atoms with Crippen LogP contribution in [0.5, 0.6) is 0 Å². The second kappa shape index (κ2) is 6.03. The molecule has 8 heteroatoms. The number of fused-ring (bicyclic) bond motifs is 1. The van der Waals surface area contributed by atoms with Gasteiger partial charge in [-0.15, -0.1) is 0 Å². The Hall–Kier alpha value is -2.77. The third-order valence-electron chi connectivity index (χ3n) is 3.43. The third kappa shape index (κ3) is 3.12. The molecule has 1 N–H and O–H groups in total. The highest BCUT2D eigenvalue weighted by molar-refractivity contribution is 5.89. The molecule has 1 aromatic heterocycles. The van der Waals surface area contributed by atoms with E-state index in [0.717, 1.165) is 18.5 Å². The first-order chi connectivity index (χ1) is 11.4. The van der Waals surface area contributed by atoms with Crippen LogP contribution in [0.3, 0.4) is 0 Å². The number of nitrogens with zero attached hydrogens (tertiary/aromatic N) is 2. The lowest BCUT2D eigenvalue weighted by molar-refractivity contribution is -0.138. The van der Waals surface area contributed by atoms with E-state index in [1.165, 1.54) is 18.2 Å². The van der Waals surface area contributed by atoms with Gasteiger partial charge in [0.15, 0.2) is 5.82 Å². The van der Waals surface area contributed by atoms with E-state index in [4.69, 9.17) is 0 Å². The van der Waals surface area contributed by atoms with Crippen LogP contribution >= 0.6 is 0 Å². The van der Waals surface area contributed by atoms with Crippen molar-refractivity contribution in [2.45, 2.75) is 12.7 Å². The van der Waals surface area contributed by atoms with Gasteiger partial charge in [-0.25, -0.2) is 18.7 Å². The summed E-state index contributed by atoms with van der Waals surface area (Å²) >= 11 is 0. The molecule has 3 nitrogen and oxygen atoms in total. The lowest BCUT2D eigenvalue weighted by Crippen LogP contribution is -2.12. The number of hydrogen-bond acceptors (Lipinski definition) is 3. The Labute approximate surface area is 133 Å². The smallest absolute Gasteiger partial charge is 0.365 e. The van der Waals surface area contributed by atoms with Crippen molar-refractivity contribution in [2.24, 2.45) is 0 Å².